The van der Waals surface area contributed by atoms with Crippen LogP contribution in [0.15, 0.2) is 43.0 Å². The summed E-state index contributed by atoms with van der Waals surface area (Å²) in [5.41, 5.74) is 0.986. The van der Waals surface area contributed by atoms with Gasteiger partial charge >= 0.3 is 0 Å². The summed E-state index contributed by atoms with van der Waals surface area (Å²) in [6.07, 6.45) is -1.42. The van der Waals surface area contributed by atoms with Gasteiger partial charge in [0.2, 0.25) is 0 Å². The van der Waals surface area contributed by atoms with Gasteiger partial charge < -0.3 is 24.4 Å². The lowest BCUT2D eigenvalue weighted by molar-refractivity contribution is -0.173. The Labute approximate surface area is 132 Å². The maximum absolute atomic E-state index is 10.1. The minimum atomic E-state index is -1.04. The second kappa shape index (κ2) is 10.5. The van der Waals surface area contributed by atoms with Crippen LogP contribution in [0.25, 0.3) is 0 Å². The summed E-state index contributed by atoms with van der Waals surface area (Å²) in [4.78, 5) is 0. The van der Waals surface area contributed by atoms with Crippen molar-refractivity contribution in [2.24, 2.45) is 0 Å². The number of ether oxygens (including phenoxy) is 3. The van der Waals surface area contributed by atoms with Gasteiger partial charge in [0.1, 0.15) is 19.0 Å². The van der Waals surface area contributed by atoms with Crippen molar-refractivity contribution in [3.8, 4) is 0 Å². The Morgan fingerprint density at radius 2 is 1.82 bits per heavy atom. The molecule has 22 heavy (non-hydrogen) atoms. The van der Waals surface area contributed by atoms with Gasteiger partial charge in [-0.05, 0) is 19.4 Å². The van der Waals surface area contributed by atoms with E-state index in [2.05, 4.69) is 6.58 Å². The average molecular weight is 310 g/mol. The fourth-order valence-electron chi connectivity index (χ4n) is 1.93. The third-order valence-corrected chi connectivity index (χ3v) is 3.23. The summed E-state index contributed by atoms with van der Waals surface area (Å²) in [6, 6.07) is 9.63. The lowest BCUT2D eigenvalue weighted by Gasteiger charge is -2.30. The van der Waals surface area contributed by atoms with Gasteiger partial charge in [-0.2, -0.15) is 0 Å². The zero-order valence-corrected chi connectivity index (χ0v) is 13.2. The largest absolute Gasteiger partial charge is 0.391 e. The summed E-state index contributed by atoms with van der Waals surface area (Å²) in [6.45, 7) is 7.64. The van der Waals surface area contributed by atoms with Crippen molar-refractivity contribution in [3.63, 3.8) is 0 Å². The predicted octanol–water partition coefficient (Wildman–Crippen LogP) is 1.88. The van der Waals surface area contributed by atoms with Gasteiger partial charge in [0.15, 0.2) is 0 Å². The van der Waals surface area contributed by atoms with Crippen LogP contribution in [0.5, 0.6) is 0 Å². The van der Waals surface area contributed by atoms with E-state index in [0.717, 1.165) is 5.56 Å². The molecule has 0 fully saturated rings. The number of aliphatic hydroxyl groups is 2. The summed E-state index contributed by atoms with van der Waals surface area (Å²) in [5.74, 6) is 0. The van der Waals surface area contributed by atoms with Crippen molar-refractivity contribution >= 4 is 0 Å². The number of aliphatic hydroxyl groups excluding tert-OH is 2. The first-order chi connectivity index (χ1) is 10.6. The molecule has 124 valence electrons. The molecule has 1 aromatic carbocycles. The van der Waals surface area contributed by atoms with Crippen LogP contribution in [0.1, 0.15) is 19.4 Å². The molecule has 0 aliphatic heterocycles. The van der Waals surface area contributed by atoms with Crippen LogP contribution >= 0.6 is 0 Å². The molecule has 1 rings (SSSR count). The van der Waals surface area contributed by atoms with Crippen LogP contribution in [-0.2, 0) is 20.8 Å². The highest BCUT2D eigenvalue weighted by atomic mass is 16.7. The predicted molar refractivity (Wildman–Crippen MR) is 84.3 cm³/mol. The van der Waals surface area contributed by atoms with E-state index in [4.69, 9.17) is 14.2 Å². The molecule has 5 nitrogen and oxygen atoms in total. The Bertz CT molecular complexity index is 407. The number of hydrogen-bond acceptors (Lipinski definition) is 5. The van der Waals surface area contributed by atoms with Gasteiger partial charge in [0.25, 0.3) is 0 Å². The minimum absolute atomic E-state index is 0.0743. The van der Waals surface area contributed by atoms with E-state index in [1.54, 1.807) is 13.0 Å². The van der Waals surface area contributed by atoms with Crippen molar-refractivity contribution in [1.29, 1.82) is 0 Å². The highest BCUT2D eigenvalue weighted by molar-refractivity contribution is 5.13. The molecular formula is C17H26O5. The molecule has 1 aromatic rings. The average Bonchev–Trinajstić information content (AvgIpc) is 2.52. The Hall–Kier alpha value is -1.24. The van der Waals surface area contributed by atoms with Crippen molar-refractivity contribution in [1.82, 2.24) is 0 Å². The molecule has 5 heteroatoms. The third-order valence-electron chi connectivity index (χ3n) is 3.23. The van der Waals surface area contributed by atoms with Crippen molar-refractivity contribution < 1.29 is 24.4 Å². The highest BCUT2D eigenvalue weighted by Crippen LogP contribution is 2.15. The van der Waals surface area contributed by atoms with E-state index in [1.807, 2.05) is 30.3 Å². The first-order valence-corrected chi connectivity index (χ1v) is 7.38. The molecule has 0 saturated carbocycles. The maximum Gasteiger partial charge on any atom is 0.147 e. The third kappa shape index (κ3) is 6.68. The Balaban J connectivity index is 2.56. The fraction of sp³-hybridized carbons (Fsp3) is 0.529. The van der Waals surface area contributed by atoms with Crippen molar-refractivity contribution in [2.75, 3.05) is 13.4 Å². The Kier molecular flexibility index (Phi) is 8.96. The topological polar surface area (TPSA) is 68.2 Å². The van der Waals surface area contributed by atoms with E-state index < -0.39 is 24.4 Å². The van der Waals surface area contributed by atoms with Gasteiger partial charge in [-0.1, -0.05) is 36.4 Å². The van der Waals surface area contributed by atoms with Gasteiger partial charge in [-0.3, -0.25) is 0 Å². The molecule has 0 amide bonds. The smallest absolute Gasteiger partial charge is 0.147 e. The summed E-state index contributed by atoms with van der Waals surface area (Å²) >= 11 is 0. The van der Waals surface area contributed by atoms with Crippen LogP contribution in [0.2, 0.25) is 0 Å². The number of rotatable bonds is 11. The van der Waals surface area contributed by atoms with E-state index in [0.29, 0.717) is 13.2 Å². The highest BCUT2D eigenvalue weighted by Gasteiger charge is 2.30. The molecule has 0 unspecified atom stereocenters. The summed E-state index contributed by atoms with van der Waals surface area (Å²) in [5, 5.41) is 19.7. The lowest BCUT2D eigenvalue weighted by atomic mass is 10.0. The van der Waals surface area contributed by atoms with E-state index in [9.17, 15) is 10.2 Å². The molecule has 0 aliphatic carbocycles. The molecule has 4 atom stereocenters. The lowest BCUT2D eigenvalue weighted by Crippen LogP contribution is -2.45. The Morgan fingerprint density at radius 3 is 2.41 bits per heavy atom. The normalized spacial score (nSPS) is 16.7. The van der Waals surface area contributed by atoms with Gasteiger partial charge in [-0.15, -0.1) is 6.58 Å². The van der Waals surface area contributed by atoms with Crippen LogP contribution in [0.3, 0.4) is 0 Å². The quantitative estimate of drug-likeness (QED) is 0.371. The number of hydrogen-bond donors (Lipinski definition) is 2. The molecule has 2 N–H and O–H groups in total. The monoisotopic (exact) mass is 310 g/mol. The second-order valence-electron chi connectivity index (χ2n) is 5.14. The fourth-order valence-corrected chi connectivity index (χ4v) is 1.93. The molecule has 0 aromatic heterocycles. The Morgan fingerprint density at radius 1 is 1.14 bits per heavy atom. The molecule has 0 radical (unpaired) electrons. The van der Waals surface area contributed by atoms with Crippen LogP contribution in [-0.4, -0.2) is 48.0 Å². The maximum atomic E-state index is 10.1. The zero-order chi connectivity index (χ0) is 16.4. The molecule has 0 saturated heterocycles. The molecular weight excluding hydrogens is 284 g/mol. The summed E-state index contributed by atoms with van der Waals surface area (Å²) in [7, 11) is 0. The SMILES string of the molecule is C=CCOCO[C@@H](C)[C@H](OCc1ccccc1)[C@@H](O)[C@H](C)O. The first-order valence-electron chi connectivity index (χ1n) is 7.38. The number of benzene rings is 1. The standard InChI is InChI=1S/C17H26O5/c1-4-10-20-12-22-14(3)17(16(19)13(2)18)21-11-15-8-6-5-7-9-15/h4-9,13-14,16-19H,1,10-12H2,2-3H3/t13-,14-,16-,17-/m0/s1. The molecule has 0 spiro atoms. The minimum Gasteiger partial charge on any atom is -0.391 e. The van der Waals surface area contributed by atoms with Gasteiger partial charge in [0.05, 0.1) is 25.4 Å². The van der Waals surface area contributed by atoms with E-state index in [-0.39, 0.29) is 6.79 Å². The van der Waals surface area contributed by atoms with Gasteiger partial charge in [-0.25, -0.2) is 0 Å². The molecule has 0 bridgehead atoms. The van der Waals surface area contributed by atoms with E-state index in [1.165, 1.54) is 6.92 Å². The van der Waals surface area contributed by atoms with Crippen molar-refractivity contribution in [3.05, 3.63) is 48.6 Å². The van der Waals surface area contributed by atoms with Crippen LogP contribution in [0.4, 0.5) is 0 Å². The van der Waals surface area contributed by atoms with E-state index >= 15 is 0 Å². The van der Waals surface area contributed by atoms with Crippen LogP contribution < -0.4 is 0 Å². The van der Waals surface area contributed by atoms with Crippen LogP contribution in [0, 0.1) is 0 Å². The second-order valence-corrected chi connectivity index (χ2v) is 5.14. The van der Waals surface area contributed by atoms with Gasteiger partial charge in [0, 0.05) is 0 Å². The molecule has 0 heterocycles. The zero-order valence-electron chi connectivity index (χ0n) is 13.2. The first kappa shape index (κ1) is 18.8. The summed E-state index contributed by atoms with van der Waals surface area (Å²) < 4.78 is 16.4. The molecule has 0 aliphatic rings. The van der Waals surface area contributed by atoms with Crippen molar-refractivity contribution in [2.45, 2.75) is 44.9 Å².